The minimum Gasteiger partial charge on any atom is -0.478 e. The van der Waals surface area contributed by atoms with Crippen LogP contribution < -0.4 is 0 Å². The van der Waals surface area contributed by atoms with Gasteiger partial charge < -0.3 is 5.11 Å². The first-order valence-electron chi connectivity index (χ1n) is 3.79. The van der Waals surface area contributed by atoms with E-state index >= 15 is 0 Å². The van der Waals surface area contributed by atoms with Gasteiger partial charge in [0.2, 0.25) is 0 Å². The van der Waals surface area contributed by atoms with E-state index in [1.807, 2.05) is 0 Å². The molecular weight excluding hydrogens is 166 g/mol. The van der Waals surface area contributed by atoms with Crippen molar-refractivity contribution in [3.05, 3.63) is 12.2 Å². The average molecular weight is 176 g/mol. The topological polar surface area (TPSA) is 37.3 Å². The van der Waals surface area contributed by atoms with E-state index in [0.717, 1.165) is 6.08 Å². The molecule has 0 heterocycles. The number of halogens is 2. The summed E-state index contributed by atoms with van der Waals surface area (Å²) in [4.78, 5) is 10.0. The zero-order chi connectivity index (χ0) is 9.14. The molecule has 1 N–H and O–H groups in total. The van der Waals surface area contributed by atoms with E-state index in [2.05, 4.69) is 0 Å². The monoisotopic (exact) mass is 176 g/mol. The van der Waals surface area contributed by atoms with Crippen molar-refractivity contribution in [2.24, 2.45) is 5.92 Å². The Hall–Kier alpha value is -0.930. The lowest BCUT2D eigenvalue weighted by Crippen LogP contribution is -2.06. The van der Waals surface area contributed by atoms with Crippen molar-refractivity contribution in [1.82, 2.24) is 0 Å². The molecule has 0 aromatic rings. The van der Waals surface area contributed by atoms with Crippen molar-refractivity contribution in [3.63, 3.8) is 0 Å². The average Bonchev–Trinajstić information content (AvgIpc) is 2.28. The summed E-state index contributed by atoms with van der Waals surface area (Å²) in [5.41, 5.74) is 0. The van der Waals surface area contributed by atoms with E-state index in [1.54, 1.807) is 0 Å². The highest BCUT2D eigenvalue weighted by Crippen LogP contribution is 2.31. The molecule has 1 rings (SSSR count). The summed E-state index contributed by atoms with van der Waals surface area (Å²) in [6, 6.07) is 0. The molecule has 0 amide bonds. The van der Waals surface area contributed by atoms with Gasteiger partial charge in [-0.15, -0.1) is 0 Å². The number of allylic oxidation sites excluding steroid dienone is 1. The Kier molecular flexibility index (Phi) is 2.78. The second-order valence-corrected chi connectivity index (χ2v) is 2.96. The van der Waals surface area contributed by atoms with E-state index in [4.69, 9.17) is 5.11 Å². The quantitative estimate of drug-likeness (QED) is 0.650. The number of aliphatic carboxylic acids is 1. The summed E-state index contributed by atoms with van der Waals surface area (Å²) >= 11 is 0. The second-order valence-electron chi connectivity index (χ2n) is 2.96. The van der Waals surface area contributed by atoms with Crippen LogP contribution in [0.3, 0.4) is 0 Å². The molecule has 68 valence electrons. The van der Waals surface area contributed by atoms with Gasteiger partial charge in [0, 0.05) is 6.08 Å². The molecule has 0 spiro atoms. The zero-order valence-electron chi connectivity index (χ0n) is 6.41. The van der Waals surface area contributed by atoms with Crippen LogP contribution in [0.2, 0.25) is 0 Å². The summed E-state index contributed by atoms with van der Waals surface area (Å²) in [6.07, 6.45) is -0.346. The third-order valence-corrected chi connectivity index (χ3v) is 1.96. The maximum absolute atomic E-state index is 12.5. The van der Waals surface area contributed by atoms with Crippen molar-refractivity contribution < 1.29 is 18.7 Å². The molecule has 0 bridgehead atoms. The highest BCUT2D eigenvalue weighted by molar-refractivity contribution is 5.79. The van der Waals surface area contributed by atoms with Gasteiger partial charge in [0.25, 0.3) is 0 Å². The van der Waals surface area contributed by atoms with Crippen molar-refractivity contribution in [1.29, 1.82) is 0 Å². The number of carboxylic acids is 1. The highest BCUT2D eigenvalue weighted by atomic mass is 19.2. The second kappa shape index (κ2) is 3.65. The van der Waals surface area contributed by atoms with Crippen molar-refractivity contribution in [2.75, 3.05) is 0 Å². The predicted molar refractivity (Wildman–Crippen MR) is 39.3 cm³/mol. The molecule has 0 aliphatic heterocycles. The lowest BCUT2D eigenvalue weighted by molar-refractivity contribution is -0.131. The fraction of sp³-hybridized carbons (Fsp3) is 0.625. The van der Waals surface area contributed by atoms with Crippen LogP contribution in [-0.2, 0) is 4.79 Å². The number of carboxylic acid groups (broad SMARTS) is 1. The van der Waals surface area contributed by atoms with Gasteiger partial charge in [-0.1, -0.05) is 6.08 Å². The van der Waals surface area contributed by atoms with E-state index < -0.39 is 18.3 Å². The van der Waals surface area contributed by atoms with Crippen molar-refractivity contribution in [2.45, 2.75) is 25.2 Å². The van der Waals surface area contributed by atoms with Crippen molar-refractivity contribution >= 4 is 5.97 Å². The number of alkyl halides is 2. The first-order chi connectivity index (χ1) is 5.59. The zero-order valence-corrected chi connectivity index (χ0v) is 6.41. The van der Waals surface area contributed by atoms with Gasteiger partial charge in [-0.05, 0) is 18.8 Å². The van der Waals surface area contributed by atoms with Crippen LogP contribution in [0.4, 0.5) is 8.78 Å². The van der Waals surface area contributed by atoms with Crippen LogP contribution in [0.1, 0.15) is 12.8 Å². The van der Waals surface area contributed by atoms with Crippen molar-refractivity contribution in [3.8, 4) is 0 Å². The van der Waals surface area contributed by atoms with Gasteiger partial charge in [-0.3, -0.25) is 0 Å². The smallest absolute Gasteiger partial charge is 0.327 e. The Bertz CT molecular complexity index is 193. The molecule has 0 aromatic heterocycles. The fourth-order valence-corrected chi connectivity index (χ4v) is 1.35. The molecule has 0 radical (unpaired) electrons. The molecule has 2 unspecified atom stereocenters. The molecule has 2 atom stereocenters. The maximum Gasteiger partial charge on any atom is 0.327 e. The van der Waals surface area contributed by atoms with Gasteiger partial charge >= 0.3 is 5.97 Å². The summed E-state index contributed by atoms with van der Waals surface area (Å²) in [5, 5.41) is 8.23. The van der Waals surface area contributed by atoms with Crippen LogP contribution in [0.25, 0.3) is 0 Å². The summed E-state index contributed by atoms with van der Waals surface area (Å²) < 4.78 is 25.1. The highest BCUT2D eigenvalue weighted by Gasteiger charge is 2.32. The Morgan fingerprint density at radius 2 is 1.83 bits per heavy atom. The summed E-state index contributed by atoms with van der Waals surface area (Å²) in [7, 11) is 0. The molecular formula is C8H10F2O2. The Balaban J connectivity index is 2.42. The minimum atomic E-state index is -1.42. The molecule has 1 fully saturated rings. The summed E-state index contributed by atoms with van der Waals surface area (Å²) in [5.74, 6) is -1.33. The Morgan fingerprint density at radius 1 is 1.33 bits per heavy atom. The number of hydrogen-bond donors (Lipinski definition) is 1. The first-order valence-corrected chi connectivity index (χ1v) is 3.79. The minimum absolute atomic E-state index is 0.102. The number of rotatable bonds is 2. The van der Waals surface area contributed by atoms with Gasteiger partial charge in [0.05, 0.1) is 0 Å². The van der Waals surface area contributed by atoms with E-state index in [1.165, 1.54) is 6.08 Å². The third-order valence-electron chi connectivity index (χ3n) is 1.96. The van der Waals surface area contributed by atoms with Crippen LogP contribution in [0, 0.1) is 5.92 Å². The predicted octanol–water partition coefficient (Wildman–Crippen LogP) is 1.71. The molecule has 2 nitrogen and oxygen atoms in total. The standard InChI is InChI=1S/C8H10F2O2/c9-6-3-5(4-7(6)10)1-2-8(11)12/h1-2,5-7H,3-4H2,(H,11,12)/b2-1+. The lowest BCUT2D eigenvalue weighted by atomic mass is 10.1. The van der Waals surface area contributed by atoms with E-state index in [9.17, 15) is 13.6 Å². The van der Waals surface area contributed by atoms with Gasteiger partial charge in [0.15, 0.2) is 0 Å². The largest absolute Gasteiger partial charge is 0.478 e. The normalized spacial score (nSPS) is 36.0. The van der Waals surface area contributed by atoms with Crippen LogP contribution in [-0.4, -0.2) is 23.4 Å². The molecule has 12 heavy (non-hydrogen) atoms. The first kappa shape index (κ1) is 9.16. The van der Waals surface area contributed by atoms with Gasteiger partial charge in [-0.25, -0.2) is 13.6 Å². The molecule has 1 aliphatic carbocycles. The maximum atomic E-state index is 12.5. The van der Waals surface area contributed by atoms with Gasteiger partial charge in [0.1, 0.15) is 12.3 Å². The molecule has 1 saturated carbocycles. The number of hydrogen-bond acceptors (Lipinski definition) is 1. The van der Waals surface area contributed by atoms with Crippen LogP contribution >= 0.6 is 0 Å². The lowest BCUT2D eigenvalue weighted by Gasteiger charge is -1.97. The Labute approximate surface area is 68.9 Å². The van der Waals surface area contributed by atoms with E-state index in [-0.39, 0.29) is 18.8 Å². The molecule has 1 aliphatic rings. The molecule has 4 heteroatoms. The third kappa shape index (κ3) is 2.29. The Morgan fingerprint density at radius 3 is 2.25 bits per heavy atom. The SMILES string of the molecule is O=C(O)/C=C/C1CC(F)C(F)C1. The summed E-state index contributed by atoms with van der Waals surface area (Å²) in [6.45, 7) is 0. The van der Waals surface area contributed by atoms with Crippen LogP contribution in [0.5, 0.6) is 0 Å². The fourth-order valence-electron chi connectivity index (χ4n) is 1.35. The van der Waals surface area contributed by atoms with E-state index in [0.29, 0.717) is 0 Å². The van der Waals surface area contributed by atoms with Crippen LogP contribution in [0.15, 0.2) is 12.2 Å². The molecule has 0 saturated heterocycles. The van der Waals surface area contributed by atoms with Gasteiger partial charge in [-0.2, -0.15) is 0 Å². The molecule has 0 aromatic carbocycles. The number of carbonyl (C=O) groups is 1.